The summed E-state index contributed by atoms with van der Waals surface area (Å²) in [6.45, 7) is 14.9. The quantitative estimate of drug-likeness (QED) is 0.247. The molecule has 3 N–H and O–H groups in total. The second kappa shape index (κ2) is 13.7. The molecule has 1 heterocycles. The first-order valence-corrected chi connectivity index (χ1v) is 10.4. The number of hydrogen-bond acceptors (Lipinski definition) is 5. The van der Waals surface area contributed by atoms with Gasteiger partial charge in [0.2, 0.25) is 0 Å². The summed E-state index contributed by atoms with van der Waals surface area (Å²) in [6.07, 6.45) is 2.66. The number of hydrogen-bond donors (Lipinski definition) is 3. The van der Waals surface area contributed by atoms with Crippen molar-refractivity contribution < 1.29 is 14.1 Å². The molecular formula is C21H40IN5O3. The van der Waals surface area contributed by atoms with E-state index in [1.54, 1.807) is 7.05 Å². The molecule has 0 aliphatic heterocycles. The lowest BCUT2D eigenvalue weighted by molar-refractivity contribution is 0.0523. The van der Waals surface area contributed by atoms with E-state index in [1.165, 1.54) is 0 Å². The topological polar surface area (TPSA) is 101 Å². The van der Waals surface area contributed by atoms with Crippen LogP contribution in [-0.4, -0.2) is 49.0 Å². The predicted molar refractivity (Wildman–Crippen MR) is 132 cm³/mol. The maximum Gasteiger partial charge on any atom is 0.407 e. The van der Waals surface area contributed by atoms with E-state index in [4.69, 9.17) is 9.26 Å². The van der Waals surface area contributed by atoms with Gasteiger partial charge in [-0.15, -0.1) is 24.0 Å². The number of amides is 1. The molecule has 1 amide bonds. The van der Waals surface area contributed by atoms with Crippen molar-refractivity contribution in [2.75, 3.05) is 20.1 Å². The fourth-order valence-electron chi connectivity index (χ4n) is 3.13. The Morgan fingerprint density at radius 2 is 1.90 bits per heavy atom. The highest BCUT2D eigenvalue weighted by Crippen LogP contribution is 2.22. The molecule has 0 spiro atoms. The molecule has 1 aromatic rings. The van der Waals surface area contributed by atoms with E-state index in [9.17, 15) is 4.79 Å². The monoisotopic (exact) mass is 537 g/mol. The summed E-state index contributed by atoms with van der Waals surface area (Å²) in [6, 6.07) is 0.0584. The number of aromatic nitrogens is 1. The molecule has 2 unspecified atom stereocenters. The molecule has 0 saturated carbocycles. The molecule has 1 rings (SSSR count). The summed E-state index contributed by atoms with van der Waals surface area (Å²) >= 11 is 0. The second-order valence-electron chi connectivity index (χ2n) is 8.46. The number of ether oxygens (including phenoxy) is 1. The highest BCUT2D eigenvalue weighted by Gasteiger charge is 2.19. The summed E-state index contributed by atoms with van der Waals surface area (Å²) in [5, 5.41) is 13.7. The van der Waals surface area contributed by atoms with Crippen LogP contribution < -0.4 is 16.0 Å². The lowest BCUT2D eigenvalue weighted by Gasteiger charge is -2.24. The molecule has 1 aromatic heterocycles. The van der Waals surface area contributed by atoms with E-state index < -0.39 is 11.7 Å². The Morgan fingerprint density at radius 1 is 1.23 bits per heavy atom. The molecule has 0 aliphatic carbocycles. The molecule has 9 heteroatoms. The van der Waals surface area contributed by atoms with Gasteiger partial charge in [0.1, 0.15) is 11.4 Å². The lowest BCUT2D eigenvalue weighted by Crippen LogP contribution is -2.49. The van der Waals surface area contributed by atoms with Crippen LogP contribution in [-0.2, 0) is 4.74 Å². The van der Waals surface area contributed by atoms with Crippen molar-refractivity contribution >= 4 is 36.0 Å². The van der Waals surface area contributed by atoms with Crippen LogP contribution in [0.5, 0.6) is 0 Å². The summed E-state index contributed by atoms with van der Waals surface area (Å²) < 4.78 is 10.6. The van der Waals surface area contributed by atoms with Crippen LogP contribution in [0.15, 0.2) is 9.52 Å². The third kappa shape index (κ3) is 10.5. The Bertz CT molecular complexity index is 651. The number of nitrogens with one attached hydrogen (secondary N) is 3. The van der Waals surface area contributed by atoms with Crippen LogP contribution >= 0.6 is 24.0 Å². The van der Waals surface area contributed by atoms with Gasteiger partial charge in [-0.1, -0.05) is 31.8 Å². The van der Waals surface area contributed by atoms with Crippen LogP contribution in [0.25, 0.3) is 0 Å². The van der Waals surface area contributed by atoms with Gasteiger partial charge in [-0.05, 0) is 41.0 Å². The van der Waals surface area contributed by atoms with E-state index >= 15 is 0 Å². The van der Waals surface area contributed by atoms with Gasteiger partial charge in [-0.2, -0.15) is 0 Å². The Balaban J connectivity index is 0.00000841. The van der Waals surface area contributed by atoms with Crippen molar-refractivity contribution in [2.24, 2.45) is 4.99 Å². The molecule has 2 atom stereocenters. The third-order valence-corrected chi connectivity index (χ3v) is 4.52. The number of guanidine groups is 1. The molecule has 0 bridgehead atoms. The first-order valence-electron chi connectivity index (χ1n) is 10.4. The largest absolute Gasteiger partial charge is 0.444 e. The number of aryl methyl sites for hydroxylation is 2. The van der Waals surface area contributed by atoms with Crippen molar-refractivity contribution in [3.63, 3.8) is 0 Å². The van der Waals surface area contributed by atoms with Crippen LogP contribution in [0.2, 0.25) is 0 Å². The molecular weight excluding hydrogens is 497 g/mol. The maximum absolute atomic E-state index is 12.0. The van der Waals surface area contributed by atoms with E-state index in [2.05, 4.69) is 39.9 Å². The van der Waals surface area contributed by atoms with E-state index in [1.807, 2.05) is 34.6 Å². The Morgan fingerprint density at radius 3 is 2.40 bits per heavy atom. The van der Waals surface area contributed by atoms with Crippen molar-refractivity contribution in [1.29, 1.82) is 0 Å². The van der Waals surface area contributed by atoms with Gasteiger partial charge in [0, 0.05) is 37.7 Å². The summed E-state index contributed by atoms with van der Waals surface area (Å²) in [5.41, 5.74) is 1.53. The molecule has 174 valence electrons. The number of halogens is 1. The van der Waals surface area contributed by atoms with Gasteiger partial charge in [-0.3, -0.25) is 4.99 Å². The minimum absolute atomic E-state index is 0. The minimum Gasteiger partial charge on any atom is -0.444 e. The van der Waals surface area contributed by atoms with Crippen LogP contribution in [0, 0.1) is 13.8 Å². The molecule has 30 heavy (non-hydrogen) atoms. The number of nitrogens with zero attached hydrogens (tertiary/aromatic N) is 2. The van der Waals surface area contributed by atoms with Crippen molar-refractivity contribution in [3.8, 4) is 0 Å². The zero-order valence-corrected chi connectivity index (χ0v) is 22.0. The fourth-order valence-corrected chi connectivity index (χ4v) is 3.13. The molecule has 0 aromatic carbocycles. The average molecular weight is 537 g/mol. The highest BCUT2D eigenvalue weighted by molar-refractivity contribution is 14.0. The predicted octanol–water partition coefficient (Wildman–Crippen LogP) is 4.26. The van der Waals surface area contributed by atoms with Gasteiger partial charge in [0.15, 0.2) is 5.96 Å². The average Bonchev–Trinajstić information content (AvgIpc) is 2.97. The third-order valence-electron chi connectivity index (χ3n) is 4.52. The number of rotatable bonds is 9. The first-order chi connectivity index (χ1) is 13.6. The number of carbonyl (C=O) groups excluding carboxylic acids is 1. The smallest absolute Gasteiger partial charge is 0.407 e. The van der Waals surface area contributed by atoms with Gasteiger partial charge in [0.05, 0.1) is 5.69 Å². The number of aliphatic imine (C=N–C) groups is 1. The Labute approximate surface area is 198 Å². The van der Waals surface area contributed by atoms with Gasteiger partial charge < -0.3 is 25.2 Å². The second-order valence-corrected chi connectivity index (χ2v) is 8.46. The minimum atomic E-state index is -0.512. The van der Waals surface area contributed by atoms with Crippen molar-refractivity contribution in [1.82, 2.24) is 21.1 Å². The fraction of sp³-hybridized carbons (Fsp3) is 0.762. The summed E-state index contributed by atoms with van der Waals surface area (Å²) in [5.74, 6) is 1.78. The summed E-state index contributed by atoms with van der Waals surface area (Å²) in [7, 11) is 1.74. The highest BCUT2D eigenvalue weighted by atomic mass is 127. The molecule has 8 nitrogen and oxygen atoms in total. The first kappa shape index (κ1) is 28.5. The van der Waals surface area contributed by atoms with Gasteiger partial charge >= 0.3 is 6.09 Å². The van der Waals surface area contributed by atoms with E-state index in [0.29, 0.717) is 19.0 Å². The zero-order chi connectivity index (χ0) is 22.0. The maximum atomic E-state index is 12.0. The molecule has 0 saturated heterocycles. The SMILES string of the molecule is CCCCC(CNC(=O)OC(C)(C)C)NC(=NC)NCC(C)c1c(C)noc1C.I. The normalized spacial score (nSPS) is 13.8. The Kier molecular flexibility index (Phi) is 13.0. The van der Waals surface area contributed by atoms with Crippen LogP contribution in [0.3, 0.4) is 0 Å². The van der Waals surface area contributed by atoms with E-state index in [0.717, 1.165) is 36.3 Å². The number of carbonyl (C=O) groups is 1. The molecule has 0 radical (unpaired) electrons. The molecule has 0 fully saturated rings. The lowest BCUT2D eigenvalue weighted by atomic mass is 10.00. The zero-order valence-electron chi connectivity index (χ0n) is 19.7. The van der Waals surface area contributed by atoms with E-state index in [-0.39, 0.29) is 35.9 Å². The molecule has 0 aliphatic rings. The van der Waals surface area contributed by atoms with Crippen molar-refractivity contribution in [3.05, 3.63) is 17.0 Å². The van der Waals surface area contributed by atoms with Crippen LogP contribution in [0.1, 0.15) is 76.8 Å². The number of unbranched alkanes of at least 4 members (excludes halogenated alkanes) is 1. The Hall–Kier alpha value is -1.52. The van der Waals surface area contributed by atoms with Gasteiger partial charge in [0.25, 0.3) is 0 Å². The van der Waals surface area contributed by atoms with Crippen molar-refractivity contribution in [2.45, 2.75) is 85.3 Å². The summed E-state index contributed by atoms with van der Waals surface area (Å²) in [4.78, 5) is 16.3. The van der Waals surface area contributed by atoms with Crippen LogP contribution in [0.4, 0.5) is 4.79 Å². The standard InChI is InChI=1S/C21H39N5O3.HI/c1-9-10-11-17(13-24-20(27)28-21(5,6)7)25-19(22-8)23-12-14(2)18-15(3)26-29-16(18)4;/h14,17H,9-13H2,1-8H3,(H,24,27)(H2,22,23,25);1H. The number of alkyl carbamates (subject to hydrolysis) is 1. The van der Waals surface area contributed by atoms with Gasteiger partial charge in [-0.25, -0.2) is 4.79 Å².